The highest BCUT2D eigenvalue weighted by Crippen LogP contribution is 2.66. The third kappa shape index (κ3) is 2.42. The quantitative estimate of drug-likeness (QED) is 0.734. The molecule has 5 aliphatic rings. The first-order valence-corrected chi connectivity index (χ1v) is 11.4. The van der Waals surface area contributed by atoms with Gasteiger partial charge in [-0.05, 0) is 92.3 Å². The van der Waals surface area contributed by atoms with Crippen LogP contribution in [-0.4, -0.2) is 35.2 Å². The van der Waals surface area contributed by atoms with E-state index in [2.05, 4.69) is 18.7 Å². The van der Waals surface area contributed by atoms with Crippen molar-refractivity contribution in [2.45, 2.75) is 96.6 Å². The first-order chi connectivity index (χ1) is 12.0. The van der Waals surface area contributed by atoms with Crippen molar-refractivity contribution in [1.29, 1.82) is 0 Å². The van der Waals surface area contributed by atoms with E-state index in [1.807, 2.05) is 0 Å². The Bertz CT molecular complexity index is 520. The Balaban J connectivity index is 1.39. The number of nitrogens with zero attached hydrogens (tertiary/aromatic N) is 1. The van der Waals surface area contributed by atoms with E-state index >= 15 is 0 Å². The van der Waals surface area contributed by atoms with Crippen molar-refractivity contribution in [1.82, 2.24) is 4.90 Å². The molecular weight excluding hydrogens is 306 g/mol. The Labute approximate surface area is 154 Å². The van der Waals surface area contributed by atoms with Gasteiger partial charge in [-0.2, -0.15) is 0 Å². The molecule has 0 aromatic heterocycles. The van der Waals surface area contributed by atoms with Crippen molar-refractivity contribution < 1.29 is 5.11 Å². The number of rotatable bonds is 1. The largest absolute Gasteiger partial charge is 0.392 e. The van der Waals surface area contributed by atoms with Gasteiger partial charge in [-0.15, -0.1) is 0 Å². The Morgan fingerprint density at radius 1 is 0.800 bits per heavy atom. The Morgan fingerprint density at radius 3 is 2.44 bits per heavy atom. The molecule has 25 heavy (non-hydrogen) atoms. The van der Waals surface area contributed by atoms with Gasteiger partial charge in [0.25, 0.3) is 0 Å². The Morgan fingerprint density at radius 2 is 1.64 bits per heavy atom. The molecule has 0 amide bonds. The van der Waals surface area contributed by atoms with Gasteiger partial charge in [0.1, 0.15) is 0 Å². The molecule has 5 fully saturated rings. The third-order valence-electron chi connectivity index (χ3n) is 10.2. The molecule has 3 unspecified atom stereocenters. The van der Waals surface area contributed by atoms with E-state index in [9.17, 15) is 5.11 Å². The van der Waals surface area contributed by atoms with Crippen molar-refractivity contribution in [2.75, 3.05) is 13.1 Å². The van der Waals surface area contributed by atoms with Crippen LogP contribution in [0.15, 0.2) is 0 Å². The van der Waals surface area contributed by atoms with E-state index in [1.165, 1.54) is 64.2 Å². The highest BCUT2D eigenvalue weighted by molar-refractivity contribution is 5.11. The number of aliphatic hydroxyl groups is 1. The SMILES string of the molecule is C[C@]12CCCCC1CC[C@@H]1[C@H]2CC[C@]2(C)C(N3CCC(O)C3)CC[C@@H]12. The molecule has 0 aromatic carbocycles. The van der Waals surface area contributed by atoms with E-state index in [0.29, 0.717) is 10.8 Å². The maximum absolute atomic E-state index is 10.0. The van der Waals surface area contributed by atoms with E-state index < -0.39 is 0 Å². The van der Waals surface area contributed by atoms with Crippen LogP contribution in [0.1, 0.15) is 84.5 Å². The fraction of sp³-hybridized carbons (Fsp3) is 1.00. The molecule has 1 saturated heterocycles. The molecule has 0 spiro atoms. The van der Waals surface area contributed by atoms with Crippen molar-refractivity contribution in [3.8, 4) is 0 Å². The number of β-amino-alcohol motifs (C(OH)–C–C–N with tert-alkyl or cyclic N) is 1. The summed E-state index contributed by atoms with van der Waals surface area (Å²) in [5, 5.41) is 10.0. The van der Waals surface area contributed by atoms with Gasteiger partial charge in [-0.1, -0.05) is 26.7 Å². The predicted octanol–water partition coefficient (Wildman–Crippen LogP) is 4.85. The Kier molecular flexibility index (Phi) is 4.06. The van der Waals surface area contributed by atoms with Gasteiger partial charge in [0, 0.05) is 19.1 Å². The van der Waals surface area contributed by atoms with Gasteiger partial charge < -0.3 is 5.11 Å². The van der Waals surface area contributed by atoms with Crippen LogP contribution in [0.5, 0.6) is 0 Å². The van der Waals surface area contributed by atoms with Gasteiger partial charge in [0.05, 0.1) is 6.10 Å². The second-order valence-electron chi connectivity index (χ2n) is 11.0. The van der Waals surface area contributed by atoms with Crippen LogP contribution in [0.2, 0.25) is 0 Å². The highest BCUT2D eigenvalue weighted by Gasteiger charge is 2.60. The number of fused-ring (bicyclic) bond motifs is 5. The van der Waals surface area contributed by atoms with Crippen LogP contribution in [0.3, 0.4) is 0 Å². The average Bonchev–Trinajstić information content (AvgIpc) is 3.16. The topological polar surface area (TPSA) is 23.5 Å². The number of hydrogen-bond acceptors (Lipinski definition) is 2. The minimum atomic E-state index is -0.0597. The third-order valence-corrected chi connectivity index (χ3v) is 10.2. The monoisotopic (exact) mass is 345 g/mol. The molecule has 5 rings (SSSR count). The summed E-state index contributed by atoms with van der Waals surface area (Å²) in [5.41, 5.74) is 1.20. The highest BCUT2D eigenvalue weighted by atomic mass is 16.3. The molecule has 4 saturated carbocycles. The molecule has 4 aliphatic carbocycles. The number of aliphatic hydroxyl groups excluding tert-OH is 1. The van der Waals surface area contributed by atoms with Crippen LogP contribution >= 0.6 is 0 Å². The average molecular weight is 346 g/mol. The molecule has 0 bridgehead atoms. The van der Waals surface area contributed by atoms with Crippen molar-refractivity contribution in [3.63, 3.8) is 0 Å². The van der Waals surface area contributed by atoms with Crippen molar-refractivity contribution in [3.05, 3.63) is 0 Å². The Hall–Kier alpha value is -0.0800. The lowest BCUT2D eigenvalue weighted by Gasteiger charge is -2.61. The zero-order valence-electron chi connectivity index (χ0n) is 16.6. The summed E-state index contributed by atoms with van der Waals surface area (Å²) in [7, 11) is 0. The lowest BCUT2D eigenvalue weighted by atomic mass is 9.45. The smallest absolute Gasteiger partial charge is 0.0679 e. The lowest BCUT2D eigenvalue weighted by molar-refractivity contribution is -0.113. The lowest BCUT2D eigenvalue weighted by Crippen LogP contribution is -2.55. The molecule has 1 N–H and O–H groups in total. The summed E-state index contributed by atoms with van der Waals surface area (Å²) in [6, 6.07) is 0.757. The summed E-state index contributed by atoms with van der Waals surface area (Å²) < 4.78 is 0. The first-order valence-electron chi connectivity index (χ1n) is 11.4. The second kappa shape index (κ2) is 5.96. The summed E-state index contributed by atoms with van der Waals surface area (Å²) in [6.45, 7) is 7.42. The molecule has 0 aromatic rings. The van der Waals surface area contributed by atoms with Gasteiger partial charge in [-0.3, -0.25) is 4.90 Å². The number of likely N-dealkylation sites (tertiary alicyclic amines) is 1. The minimum absolute atomic E-state index is 0.0597. The van der Waals surface area contributed by atoms with Gasteiger partial charge >= 0.3 is 0 Å². The minimum Gasteiger partial charge on any atom is -0.392 e. The standard InChI is InChI=1S/C23H39NO/c1-22-12-4-3-5-16(22)6-7-18-19-8-9-21(24-14-11-17(25)15-24)23(19,2)13-10-20(18)22/h16-21,25H,3-15H2,1-2H3/t16?,17?,18-,19-,20+,21?,22-,23-/m0/s1. The molecule has 1 aliphatic heterocycles. The fourth-order valence-corrected chi connectivity index (χ4v) is 8.92. The summed E-state index contributed by atoms with van der Waals surface area (Å²) in [5.74, 6) is 4.04. The maximum atomic E-state index is 10.0. The molecule has 142 valence electrons. The van der Waals surface area contributed by atoms with Crippen LogP contribution in [0, 0.1) is 34.5 Å². The van der Waals surface area contributed by atoms with E-state index in [0.717, 1.165) is 49.2 Å². The molecule has 0 radical (unpaired) electrons. The summed E-state index contributed by atoms with van der Waals surface area (Å²) in [6.07, 6.45) is 15.9. The predicted molar refractivity (Wildman–Crippen MR) is 102 cm³/mol. The van der Waals surface area contributed by atoms with E-state index in [1.54, 1.807) is 0 Å². The van der Waals surface area contributed by atoms with Crippen LogP contribution in [-0.2, 0) is 0 Å². The van der Waals surface area contributed by atoms with Gasteiger partial charge in [0.2, 0.25) is 0 Å². The zero-order chi connectivity index (χ0) is 17.2. The molecule has 2 nitrogen and oxygen atoms in total. The maximum Gasteiger partial charge on any atom is 0.0679 e. The molecular formula is C23H39NO. The summed E-state index contributed by atoms with van der Waals surface area (Å²) >= 11 is 0. The number of hydrogen-bond donors (Lipinski definition) is 1. The van der Waals surface area contributed by atoms with Crippen LogP contribution in [0.25, 0.3) is 0 Å². The molecule has 8 atom stereocenters. The van der Waals surface area contributed by atoms with Crippen LogP contribution < -0.4 is 0 Å². The van der Waals surface area contributed by atoms with Gasteiger partial charge in [0.15, 0.2) is 0 Å². The molecule has 2 heteroatoms. The second-order valence-corrected chi connectivity index (χ2v) is 11.0. The normalized spacial score (nSPS) is 56.3. The fourth-order valence-electron chi connectivity index (χ4n) is 8.92. The molecule has 1 heterocycles. The van der Waals surface area contributed by atoms with Crippen LogP contribution in [0.4, 0.5) is 0 Å². The first kappa shape index (κ1) is 17.0. The van der Waals surface area contributed by atoms with Crippen molar-refractivity contribution in [2.24, 2.45) is 34.5 Å². The zero-order valence-corrected chi connectivity index (χ0v) is 16.6. The van der Waals surface area contributed by atoms with E-state index in [-0.39, 0.29) is 6.10 Å². The summed E-state index contributed by atoms with van der Waals surface area (Å²) in [4.78, 5) is 2.68. The van der Waals surface area contributed by atoms with Gasteiger partial charge in [-0.25, -0.2) is 0 Å². The van der Waals surface area contributed by atoms with Crippen molar-refractivity contribution >= 4 is 0 Å². The van der Waals surface area contributed by atoms with E-state index in [4.69, 9.17) is 0 Å².